The molecule has 6 rings (SSSR count). The molecule has 0 aliphatic carbocycles. The minimum absolute atomic E-state index is 0.197. The van der Waals surface area contributed by atoms with Crippen molar-refractivity contribution in [1.29, 1.82) is 0 Å². The van der Waals surface area contributed by atoms with Crippen molar-refractivity contribution in [3.8, 4) is 0 Å². The third-order valence-electron chi connectivity index (χ3n) is 9.13. The topological polar surface area (TPSA) is 6.48 Å². The summed E-state index contributed by atoms with van der Waals surface area (Å²) in [6, 6.07) is 27.5. The maximum absolute atomic E-state index is 2.43. The van der Waals surface area contributed by atoms with Crippen molar-refractivity contribution in [3.63, 3.8) is 0 Å². The third-order valence-corrected chi connectivity index (χ3v) is 9.13. The van der Waals surface area contributed by atoms with E-state index in [4.69, 9.17) is 0 Å². The van der Waals surface area contributed by atoms with Crippen LogP contribution in [0.3, 0.4) is 0 Å². The number of nitrogens with zero attached hydrogens (tertiary/aromatic N) is 2. The molecule has 0 fully saturated rings. The Morgan fingerprint density at radius 1 is 0.553 bits per heavy atom. The van der Waals surface area contributed by atoms with E-state index in [0.29, 0.717) is 0 Å². The summed E-state index contributed by atoms with van der Waals surface area (Å²) in [5, 5.41) is 0. The molecule has 4 aromatic rings. The van der Waals surface area contributed by atoms with E-state index < -0.39 is 0 Å². The van der Waals surface area contributed by atoms with Crippen LogP contribution in [0.5, 0.6) is 0 Å². The van der Waals surface area contributed by atoms with Crippen LogP contribution in [0.2, 0.25) is 0 Å². The van der Waals surface area contributed by atoms with Crippen molar-refractivity contribution in [2.45, 2.75) is 47.7 Å². The molecule has 0 unspecified atom stereocenters. The normalized spacial score (nSPS) is 16.2. The molecule has 0 radical (unpaired) electrons. The van der Waals surface area contributed by atoms with E-state index in [2.05, 4.69) is 144 Å². The largest absolute Gasteiger partial charge is 0.359 e. The second-order valence-corrected chi connectivity index (χ2v) is 11.3. The van der Waals surface area contributed by atoms with Gasteiger partial charge in [-0.15, -0.1) is 0 Å². The molecule has 2 heterocycles. The first kappa shape index (κ1) is 24.7. The van der Waals surface area contributed by atoms with E-state index in [1.54, 1.807) is 0 Å². The van der Waals surface area contributed by atoms with E-state index in [9.17, 15) is 0 Å². The van der Waals surface area contributed by atoms with E-state index in [0.717, 1.165) is 0 Å². The molecular weight excluding hydrogens is 458 g/mol. The minimum atomic E-state index is 0.197. The number of anilines is 1. The molecule has 2 aliphatic rings. The van der Waals surface area contributed by atoms with Crippen LogP contribution in [0.1, 0.15) is 34.7 Å². The van der Waals surface area contributed by atoms with Crippen molar-refractivity contribution in [2.75, 3.05) is 11.9 Å². The predicted molar refractivity (Wildman–Crippen MR) is 168 cm³/mol. The summed E-state index contributed by atoms with van der Waals surface area (Å²) in [7, 11) is 2.15. The lowest BCUT2D eigenvalue weighted by Gasteiger charge is -2.37. The molecule has 0 N–H and O–H groups in total. The van der Waals surface area contributed by atoms with Gasteiger partial charge >= 0.3 is 0 Å². The molecule has 2 aliphatic heterocycles. The zero-order valence-corrected chi connectivity index (χ0v) is 23.7. The molecule has 2 nitrogen and oxygen atoms in total. The average Bonchev–Trinajstić information content (AvgIpc) is 3.22. The fourth-order valence-corrected chi connectivity index (χ4v) is 7.09. The van der Waals surface area contributed by atoms with Crippen molar-refractivity contribution in [3.05, 3.63) is 113 Å². The van der Waals surface area contributed by atoms with Gasteiger partial charge in [-0.3, -0.25) is 0 Å². The first-order valence-corrected chi connectivity index (χ1v) is 13.8. The van der Waals surface area contributed by atoms with E-state index in [1.165, 1.54) is 66.3 Å². The minimum Gasteiger partial charge on any atom is -0.359 e. The van der Waals surface area contributed by atoms with E-state index in [-0.39, 0.29) is 19.6 Å². The highest BCUT2D eigenvalue weighted by atomic mass is 15.4. The van der Waals surface area contributed by atoms with Crippen molar-refractivity contribution >= 4 is 51.9 Å². The van der Waals surface area contributed by atoms with Gasteiger partial charge in [-0.2, -0.15) is 0 Å². The van der Waals surface area contributed by atoms with Crippen LogP contribution in [-0.4, -0.2) is 31.5 Å². The van der Waals surface area contributed by atoms with Crippen LogP contribution >= 0.6 is 0 Å². The van der Waals surface area contributed by atoms with Crippen LogP contribution in [0.15, 0.2) is 85.2 Å². The first-order chi connectivity index (χ1) is 18.3. The predicted octanol–water partition coefficient (Wildman–Crippen LogP) is 3.14. The quantitative estimate of drug-likeness (QED) is 0.356. The van der Waals surface area contributed by atoms with E-state index in [1.807, 2.05) is 0 Å². The summed E-state index contributed by atoms with van der Waals surface area (Å²) in [5.74, 6) is 0. The molecule has 0 saturated heterocycles. The zero-order chi connectivity index (χ0) is 26.7. The Labute approximate surface area is 229 Å². The van der Waals surface area contributed by atoms with Crippen molar-refractivity contribution in [2.24, 2.45) is 0 Å². The van der Waals surface area contributed by atoms with Gasteiger partial charge in [0.15, 0.2) is 0 Å². The highest BCUT2D eigenvalue weighted by Gasteiger charge is 2.42. The number of hydrogen-bond donors (Lipinski definition) is 0. The van der Waals surface area contributed by atoms with Gasteiger partial charge in [-0.1, -0.05) is 122 Å². The van der Waals surface area contributed by atoms with Gasteiger partial charge in [0.1, 0.15) is 6.17 Å². The fraction of sp³-hybridized carbons (Fsp3) is 0.235. The Kier molecular flexibility index (Phi) is 6.02. The molecule has 0 amide bonds. The molecule has 0 bridgehead atoms. The fourth-order valence-electron chi connectivity index (χ4n) is 7.09. The van der Waals surface area contributed by atoms with Gasteiger partial charge in [-0.05, 0) is 53.2 Å². The van der Waals surface area contributed by atoms with Crippen molar-refractivity contribution in [1.82, 2.24) is 4.90 Å². The summed E-state index contributed by atoms with van der Waals surface area (Å²) < 4.78 is 0. The Morgan fingerprint density at radius 2 is 1.08 bits per heavy atom. The molecule has 38 heavy (non-hydrogen) atoms. The Hall–Kier alpha value is -3.65. The van der Waals surface area contributed by atoms with Crippen LogP contribution in [0.25, 0.3) is 0 Å². The van der Waals surface area contributed by atoms with Gasteiger partial charge in [0.2, 0.25) is 13.4 Å². The van der Waals surface area contributed by atoms with Gasteiger partial charge in [-0.25, -0.2) is 0 Å². The zero-order valence-electron chi connectivity index (χ0n) is 23.7. The number of fused-ring (bicyclic) bond motifs is 2. The van der Waals surface area contributed by atoms with E-state index >= 15 is 0 Å². The maximum atomic E-state index is 2.43. The van der Waals surface area contributed by atoms with Gasteiger partial charge in [0.25, 0.3) is 0 Å². The maximum Gasteiger partial charge on any atom is 0.241 e. The molecule has 188 valence electrons. The number of aryl methyl sites for hydroxylation is 4. The highest BCUT2D eigenvalue weighted by molar-refractivity contribution is 7.11. The summed E-state index contributed by atoms with van der Waals surface area (Å²) in [6.45, 7) is 14.1. The monoisotopic (exact) mass is 494 g/mol. The lowest BCUT2D eigenvalue weighted by Crippen LogP contribution is -2.76. The second-order valence-electron chi connectivity index (χ2n) is 11.3. The lowest BCUT2D eigenvalue weighted by molar-refractivity contribution is 0.383. The lowest BCUT2D eigenvalue weighted by atomic mass is 9.20. The summed E-state index contributed by atoms with van der Waals surface area (Å²) >= 11 is 0. The second kappa shape index (κ2) is 9.27. The Morgan fingerprint density at radius 3 is 1.61 bits per heavy atom. The van der Waals surface area contributed by atoms with Crippen LogP contribution in [0, 0.1) is 34.6 Å². The van der Waals surface area contributed by atoms with Crippen LogP contribution in [-0.2, 0) is 0 Å². The number of benzene rings is 4. The number of rotatable bonds is 3. The molecule has 4 aromatic carbocycles. The summed E-state index contributed by atoms with van der Waals surface area (Å²) in [5.41, 5.74) is 16.8. The highest BCUT2D eigenvalue weighted by Crippen LogP contribution is 2.26. The van der Waals surface area contributed by atoms with Crippen LogP contribution in [0.4, 0.5) is 5.69 Å². The summed E-state index contributed by atoms with van der Waals surface area (Å²) in [4.78, 5) is 4.70. The molecule has 0 saturated carbocycles. The standard InChI is InChI=1S/C34H36B2N2/c1-22-12-10-13-23(2)32(22)35-28-16-8-9-17-29(28)36(33-24(3)14-11-15-25(33)4)34-26(5)31(19-18-30(34)35)38-21-20-37(7)27(38)6/h8-21,27H,1-7H3/t27-/m0/s1. The third kappa shape index (κ3) is 3.65. The van der Waals surface area contributed by atoms with Gasteiger partial charge in [0.05, 0.1) is 0 Å². The smallest absolute Gasteiger partial charge is 0.241 e. The van der Waals surface area contributed by atoms with Gasteiger partial charge < -0.3 is 9.80 Å². The summed E-state index contributed by atoms with van der Waals surface area (Å²) in [6.07, 6.45) is 4.70. The Balaban J connectivity index is 1.71. The van der Waals surface area contributed by atoms with Gasteiger partial charge in [0, 0.05) is 25.1 Å². The molecule has 0 aromatic heterocycles. The van der Waals surface area contributed by atoms with Crippen LogP contribution < -0.4 is 37.7 Å². The first-order valence-electron chi connectivity index (χ1n) is 13.8. The molecule has 0 spiro atoms. The SMILES string of the molecule is Cc1cccc(C)c1B1c2ccccc2B(c2c(C)cccc2C)c2c1ccc(N1C=CN(C)[C@@H]1C)c2C. The van der Waals surface area contributed by atoms with Crippen molar-refractivity contribution < 1.29 is 0 Å². The Bertz CT molecular complexity index is 1550. The molecule has 4 heteroatoms. The average molecular weight is 494 g/mol. The molecule has 1 atom stereocenters. The molecular formula is C34H36B2N2. The number of hydrogen-bond acceptors (Lipinski definition) is 2.